The van der Waals surface area contributed by atoms with Gasteiger partial charge in [0.15, 0.2) is 88.7 Å². The van der Waals surface area contributed by atoms with E-state index in [1.807, 2.05) is 45.9 Å². The maximum absolute atomic E-state index is 13.4. The first kappa shape index (κ1) is 109. The van der Waals surface area contributed by atoms with Gasteiger partial charge in [-0.05, 0) is 123 Å². The van der Waals surface area contributed by atoms with Gasteiger partial charge in [-0.15, -0.1) is 0 Å². The standard InChI is InChI=1S/C20H26BNO5.C20H17ClF3N3O5S.C20H17ClF3N3O3S.C6H3Cl2F3N2S.C6H4ClF3N2OS.C6H5F3N2OS/c1-19(2)20(3,4)27-21(26-19)15-8-10-18(23)22(13-15)12-14-7-9-16(24-5)17(11-14)25-6;1-31-13-6-4-11(8-14(13)32-2)9-27-10-12(5-7-15(27)28)17-16(21)18(20(22,23)24)26-19(25-17)33(3,29)30;1-29-13-6-4-11(8-14(13)30-2)9-27-10-12(5-7-15(27)28)17-16(21)18(20(22,23)24)26-19(25-17)31-3;1-14-5-12-3(6(9,10)11)2(7)4(8)13-5;1-14-5-11-3(6(8,9)10)2(7)4(13)12-5;1-13-5-10-3(6(7,8)9)2-4(12)11-5/h7-11,13H,12H2,1-6H3;4-8,10H,9H2,1-3H3;4-8,10H,9H2,1-3H3;1H3;1H3,(H,11,12,13);2H,1H3,(H,10,11,12). The van der Waals surface area contributed by atoms with Crippen LogP contribution >= 0.6 is 105 Å². The zero-order valence-corrected chi connectivity index (χ0v) is 78.7. The number of H-pyrrole nitrogens is 2. The fraction of sp³-hybridized carbons (Fsp3) is 0.321. The molecular formula is C78H72BCl5F15N13O15S5. The molecule has 28 nitrogen and oxygen atoms in total. The summed E-state index contributed by atoms with van der Waals surface area (Å²) < 4.78 is 262. The number of thioether (sulfide) groups is 4. The monoisotopic (exact) mass is 2060 g/mol. The van der Waals surface area contributed by atoms with E-state index in [1.165, 1.54) is 80.7 Å². The molecule has 132 heavy (non-hydrogen) atoms. The van der Waals surface area contributed by atoms with Gasteiger partial charge in [0.25, 0.3) is 27.8 Å². The third-order valence-electron chi connectivity index (χ3n) is 17.9. The molecule has 1 fully saturated rings. The summed E-state index contributed by atoms with van der Waals surface area (Å²) in [5, 5.41) is -4.84. The van der Waals surface area contributed by atoms with Gasteiger partial charge in [0, 0.05) is 60.2 Å². The van der Waals surface area contributed by atoms with Crippen LogP contribution in [0.4, 0.5) is 65.9 Å². The number of hydrogen-bond donors (Lipinski definition) is 2. The Bertz CT molecular complexity index is 6410. The van der Waals surface area contributed by atoms with Gasteiger partial charge in [-0.3, -0.25) is 24.0 Å². The van der Waals surface area contributed by atoms with E-state index in [4.69, 9.17) is 95.7 Å². The van der Waals surface area contributed by atoms with Crippen molar-refractivity contribution in [3.8, 4) is 57.0 Å². The van der Waals surface area contributed by atoms with Crippen molar-refractivity contribution in [2.75, 3.05) is 73.9 Å². The van der Waals surface area contributed by atoms with Crippen LogP contribution in [0, 0.1) is 0 Å². The Kier molecular flexibility index (Phi) is 37.5. The Hall–Kier alpha value is -9.96. The molecule has 0 atom stereocenters. The first-order valence-electron chi connectivity index (χ1n) is 36.5. The number of halogens is 20. The molecule has 8 aromatic heterocycles. The molecule has 0 unspecified atom stereocenters. The van der Waals surface area contributed by atoms with Crippen molar-refractivity contribution in [2.45, 2.75) is 115 Å². The third-order valence-corrected chi connectivity index (χ3v) is 22.8. The second kappa shape index (κ2) is 45.4. The number of pyridine rings is 3. The van der Waals surface area contributed by atoms with Gasteiger partial charge in [0.05, 0.1) is 94.9 Å². The minimum atomic E-state index is -5.03. The minimum absolute atomic E-state index is 0.00197. The summed E-state index contributed by atoms with van der Waals surface area (Å²) in [6, 6.07) is 24.4. The number of rotatable bonds is 20. The number of nitrogens with one attached hydrogen (secondary N) is 2. The lowest BCUT2D eigenvalue weighted by molar-refractivity contribution is -0.142. The zero-order valence-electron chi connectivity index (χ0n) is 70.8. The van der Waals surface area contributed by atoms with E-state index >= 15 is 0 Å². The average molecular weight is 2060 g/mol. The lowest BCUT2D eigenvalue weighted by Crippen LogP contribution is -2.41. The smallest absolute Gasteiger partial charge is 0.493 e. The lowest BCUT2D eigenvalue weighted by Gasteiger charge is -2.32. The van der Waals surface area contributed by atoms with Crippen molar-refractivity contribution in [1.29, 1.82) is 0 Å². The maximum atomic E-state index is 13.4. The van der Waals surface area contributed by atoms with E-state index in [0.29, 0.717) is 58.9 Å². The Morgan fingerprint density at radius 2 is 0.765 bits per heavy atom. The molecule has 1 aliphatic rings. The van der Waals surface area contributed by atoms with Crippen molar-refractivity contribution in [2.24, 2.45) is 0 Å². The Labute approximate surface area is 781 Å². The molecule has 0 saturated carbocycles. The molecule has 0 amide bonds. The number of alkyl halides is 15. The molecule has 0 bridgehead atoms. The lowest BCUT2D eigenvalue weighted by atomic mass is 9.80. The molecule has 12 rings (SSSR count). The first-order valence-corrected chi connectivity index (χ1v) is 45.1. The first-order chi connectivity index (χ1) is 61.3. The van der Waals surface area contributed by atoms with Crippen LogP contribution in [0.25, 0.3) is 22.5 Å². The van der Waals surface area contributed by atoms with Crippen LogP contribution in [0.1, 0.15) is 72.9 Å². The SMILES string of the molecule is COc1ccc(Cn2cc(-c3nc(S(C)(=O)=O)nc(C(F)(F)F)c3Cl)ccc2=O)cc1OC.COc1ccc(Cn2cc(-c3nc(SC)nc(C(F)(F)F)c3Cl)ccc2=O)cc1OC.COc1ccc(Cn2cc(B3OC(C)(C)C(C)(C)O3)ccc2=O)cc1OC.CSc1nc(C(F)(F)F)c(Cl)c(=O)[nH]1.CSc1nc(C(F)(F)F)cc(=O)[nH]1.CSc1nc(Cl)c(Cl)c(C(F)(F)F)n1. The number of hydrogen-bond acceptors (Lipinski definition) is 27. The highest BCUT2D eigenvalue weighted by atomic mass is 35.5. The molecule has 9 heterocycles. The van der Waals surface area contributed by atoms with Gasteiger partial charge in [-0.25, -0.2) is 48.3 Å². The highest BCUT2D eigenvalue weighted by Crippen LogP contribution is 2.44. The van der Waals surface area contributed by atoms with Crippen LogP contribution in [0.2, 0.25) is 25.2 Å². The molecule has 54 heteroatoms. The summed E-state index contributed by atoms with van der Waals surface area (Å²) in [5.41, 5.74) is -7.29. The molecule has 2 N–H and O–H groups in total. The van der Waals surface area contributed by atoms with Crippen molar-refractivity contribution < 1.29 is 112 Å². The van der Waals surface area contributed by atoms with Gasteiger partial charge in [0.2, 0.25) is 15.0 Å². The maximum Gasteiger partial charge on any atom is 0.496 e. The van der Waals surface area contributed by atoms with Crippen LogP contribution in [-0.2, 0) is 69.7 Å². The number of nitrogens with zero attached hydrogens (tertiary/aromatic N) is 11. The largest absolute Gasteiger partial charge is 0.496 e. The second-order valence-corrected chi connectivity index (χ2v) is 34.3. The molecule has 712 valence electrons. The summed E-state index contributed by atoms with van der Waals surface area (Å²) in [5.74, 6) is 3.20. The summed E-state index contributed by atoms with van der Waals surface area (Å²) in [6.07, 6.45) is -12.4. The topological polar surface area (TPSA) is 343 Å². The van der Waals surface area contributed by atoms with Crippen LogP contribution in [0.15, 0.2) is 165 Å². The van der Waals surface area contributed by atoms with Gasteiger partial charge in [-0.2, -0.15) is 65.9 Å². The molecule has 0 aliphatic carbocycles. The quantitative estimate of drug-likeness (QED) is 0.0235. The summed E-state index contributed by atoms with van der Waals surface area (Å²) >= 11 is 31.6. The Morgan fingerprint density at radius 1 is 0.409 bits per heavy atom. The minimum Gasteiger partial charge on any atom is -0.493 e. The van der Waals surface area contributed by atoms with Crippen molar-refractivity contribution in [1.82, 2.24) is 63.5 Å². The van der Waals surface area contributed by atoms with Crippen LogP contribution < -0.4 is 61.7 Å². The van der Waals surface area contributed by atoms with Gasteiger partial charge in [-0.1, -0.05) is 129 Å². The number of aromatic nitrogens is 13. The van der Waals surface area contributed by atoms with Gasteiger partial charge >= 0.3 is 38.0 Å². The van der Waals surface area contributed by atoms with Crippen LogP contribution in [0.3, 0.4) is 0 Å². The molecule has 3 aromatic carbocycles. The van der Waals surface area contributed by atoms with Crippen LogP contribution in [-0.4, -0.2) is 164 Å². The highest BCUT2D eigenvalue weighted by Gasteiger charge is 2.52. The molecular weight excluding hydrogens is 1990 g/mol. The predicted molar refractivity (Wildman–Crippen MR) is 468 cm³/mol. The van der Waals surface area contributed by atoms with E-state index in [2.05, 4.69) is 49.8 Å². The van der Waals surface area contributed by atoms with Crippen LogP contribution in [0.5, 0.6) is 34.5 Å². The summed E-state index contributed by atoms with van der Waals surface area (Å²) in [4.78, 5) is 90.6. The van der Waals surface area contributed by atoms with Gasteiger partial charge in [0.1, 0.15) is 10.0 Å². The van der Waals surface area contributed by atoms with Crippen molar-refractivity contribution in [3.05, 3.63) is 238 Å². The number of aromatic amines is 2. The average Bonchev–Trinajstić information content (AvgIpc) is 1.67. The van der Waals surface area contributed by atoms with Crippen molar-refractivity contribution in [3.63, 3.8) is 0 Å². The molecule has 11 aromatic rings. The normalized spacial score (nSPS) is 13.0. The molecule has 0 spiro atoms. The van der Waals surface area contributed by atoms with E-state index in [1.54, 1.807) is 86.0 Å². The zero-order chi connectivity index (χ0) is 99.1. The number of benzene rings is 3. The molecule has 0 radical (unpaired) electrons. The molecule has 1 aliphatic heterocycles. The van der Waals surface area contributed by atoms with E-state index in [0.717, 1.165) is 69.7 Å². The van der Waals surface area contributed by atoms with E-state index in [-0.39, 0.29) is 61.7 Å². The van der Waals surface area contributed by atoms with Crippen molar-refractivity contribution >= 4 is 127 Å². The van der Waals surface area contributed by atoms with E-state index in [9.17, 15) is 98.2 Å². The third kappa shape index (κ3) is 28.8. The summed E-state index contributed by atoms with van der Waals surface area (Å²) in [6.45, 7) is 8.61. The van der Waals surface area contributed by atoms with Gasteiger partial charge < -0.3 is 61.4 Å². The number of sulfone groups is 1. The fourth-order valence-corrected chi connectivity index (χ4v) is 14.1. The second-order valence-electron chi connectivity index (χ2n) is 27.4. The summed E-state index contributed by atoms with van der Waals surface area (Å²) in [7, 11) is 4.41. The Balaban J connectivity index is 0.000000225. The number of methoxy groups -OCH3 is 6. The molecule has 1 saturated heterocycles. The van der Waals surface area contributed by atoms with E-state index < -0.39 is 140 Å². The fourth-order valence-electron chi connectivity index (χ4n) is 10.9. The predicted octanol–water partition coefficient (Wildman–Crippen LogP) is 17.6. The highest BCUT2D eigenvalue weighted by molar-refractivity contribution is 7.99. The number of ether oxygens (including phenoxy) is 6. The Morgan fingerprint density at radius 3 is 1.14 bits per heavy atom.